The van der Waals surface area contributed by atoms with Crippen LogP contribution < -0.4 is 5.73 Å². The summed E-state index contributed by atoms with van der Waals surface area (Å²) < 4.78 is 0. The van der Waals surface area contributed by atoms with Crippen molar-refractivity contribution in [1.82, 2.24) is 0 Å². The predicted molar refractivity (Wildman–Crippen MR) is 69.4 cm³/mol. The Morgan fingerprint density at radius 3 is 2.44 bits per heavy atom. The molecule has 1 unspecified atom stereocenters. The molecule has 1 amide bonds. The molecule has 4 nitrogen and oxygen atoms in total. The second-order valence-electron chi connectivity index (χ2n) is 4.87. The highest BCUT2D eigenvalue weighted by atomic mass is 32.1. The van der Waals surface area contributed by atoms with Crippen molar-refractivity contribution in [2.45, 2.75) is 38.0 Å². The first kappa shape index (κ1) is 13.1. The van der Waals surface area contributed by atoms with Crippen LogP contribution >= 0.6 is 11.3 Å². The van der Waals surface area contributed by atoms with E-state index in [1.54, 1.807) is 6.07 Å². The van der Waals surface area contributed by atoms with Gasteiger partial charge < -0.3 is 10.8 Å². The molecule has 0 aliphatic heterocycles. The fraction of sp³-hybridized carbons (Fsp3) is 0.538. The average Bonchev–Trinajstić information content (AvgIpc) is 2.83. The number of primary amides is 1. The Bertz CT molecular complexity index is 435. The Morgan fingerprint density at radius 2 is 2.00 bits per heavy atom. The van der Waals surface area contributed by atoms with Crippen molar-refractivity contribution in [3.63, 3.8) is 0 Å². The van der Waals surface area contributed by atoms with E-state index >= 15 is 0 Å². The maximum absolute atomic E-state index is 11.8. The van der Waals surface area contributed by atoms with Gasteiger partial charge in [-0.25, -0.2) is 0 Å². The van der Waals surface area contributed by atoms with E-state index in [-0.39, 0.29) is 0 Å². The Balaban J connectivity index is 2.44. The van der Waals surface area contributed by atoms with Crippen LogP contribution in [0.1, 0.15) is 42.9 Å². The highest BCUT2D eigenvalue weighted by Crippen LogP contribution is 2.48. The number of carboxylic acids is 1. The zero-order valence-corrected chi connectivity index (χ0v) is 10.9. The van der Waals surface area contributed by atoms with Crippen molar-refractivity contribution in [2.24, 2.45) is 11.1 Å². The smallest absolute Gasteiger partial charge is 0.310 e. The maximum Gasteiger partial charge on any atom is 0.310 e. The molecule has 1 aromatic heterocycles. The Labute approximate surface area is 110 Å². The average molecular weight is 267 g/mol. The molecular weight excluding hydrogens is 250 g/mol. The van der Waals surface area contributed by atoms with Gasteiger partial charge in [0.25, 0.3) is 0 Å². The molecule has 98 valence electrons. The summed E-state index contributed by atoms with van der Waals surface area (Å²) in [5, 5.41) is 11.5. The first-order chi connectivity index (χ1) is 8.58. The predicted octanol–water partition coefficient (Wildman–Crippen LogP) is 2.35. The van der Waals surface area contributed by atoms with Crippen LogP contribution in [-0.2, 0) is 9.59 Å². The van der Waals surface area contributed by atoms with Crippen LogP contribution in [-0.4, -0.2) is 17.0 Å². The van der Waals surface area contributed by atoms with Gasteiger partial charge in [0.15, 0.2) is 0 Å². The number of hydrogen-bond acceptors (Lipinski definition) is 3. The number of carbonyl (C=O) groups excluding carboxylic acids is 1. The van der Waals surface area contributed by atoms with Gasteiger partial charge in [-0.1, -0.05) is 25.3 Å². The topological polar surface area (TPSA) is 80.4 Å². The van der Waals surface area contributed by atoms with Gasteiger partial charge in [-0.15, -0.1) is 11.3 Å². The van der Waals surface area contributed by atoms with Gasteiger partial charge in [0.2, 0.25) is 5.91 Å². The molecule has 1 atom stereocenters. The molecule has 3 N–H and O–H groups in total. The number of rotatable bonds is 4. The van der Waals surface area contributed by atoms with Gasteiger partial charge in [-0.2, -0.15) is 0 Å². The van der Waals surface area contributed by atoms with Crippen molar-refractivity contribution in [3.8, 4) is 0 Å². The minimum absolute atomic E-state index is 0.526. The molecular formula is C13H17NO3S. The summed E-state index contributed by atoms with van der Waals surface area (Å²) in [7, 11) is 0. The standard InChI is InChI=1S/C13H17NO3S/c14-11(15)10(9-5-4-8-18-9)13(12(16)17)6-2-1-3-7-13/h4-5,8,10H,1-3,6-7H2,(H2,14,15)(H,16,17). The van der Waals surface area contributed by atoms with E-state index < -0.39 is 23.2 Å². The van der Waals surface area contributed by atoms with Crippen LogP contribution in [0.3, 0.4) is 0 Å². The summed E-state index contributed by atoms with van der Waals surface area (Å²) >= 11 is 1.40. The van der Waals surface area contributed by atoms with E-state index in [4.69, 9.17) is 5.73 Å². The molecule has 5 heteroatoms. The van der Waals surface area contributed by atoms with Crippen LogP contribution in [0.25, 0.3) is 0 Å². The van der Waals surface area contributed by atoms with E-state index in [2.05, 4.69) is 0 Å². The van der Waals surface area contributed by atoms with Crippen LogP contribution in [0.2, 0.25) is 0 Å². The third kappa shape index (κ3) is 2.14. The lowest BCUT2D eigenvalue weighted by Gasteiger charge is -2.38. The number of thiophene rings is 1. The molecule has 1 heterocycles. The largest absolute Gasteiger partial charge is 0.481 e. The first-order valence-electron chi connectivity index (χ1n) is 6.14. The zero-order valence-electron chi connectivity index (χ0n) is 10.1. The third-order valence-corrected chi connectivity index (χ3v) is 4.77. The lowest BCUT2D eigenvalue weighted by Crippen LogP contribution is -2.44. The van der Waals surface area contributed by atoms with Gasteiger partial charge in [0.05, 0.1) is 11.3 Å². The highest BCUT2D eigenvalue weighted by molar-refractivity contribution is 7.10. The molecule has 0 saturated heterocycles. The number of carboxylic acid groups (broad SMARTS) is 1. The number of carbonyl (C=O) groups is 2. The maximum atomic E-state index is 11.8. The summed E-state index contributed by atoms with van der Waals surface area (Å²) in [5.41, 5.74) is 4.48. The number of hydrogen-bond donors (Lipinski definition) is 2. The van der Waals surface area contributed by atoms with Gasteiger partial charge in [0.1, 0.15) is 0 Å². The molecule has 1 aliphatic carbocycles. The van der Waals surface area contributed by atoms with E-state index in [1.807, 2.05) is 11.4 Å². The summed E-state index contributed by atoms with van der Waals surface area (Å²) in [4.78, 5) is 24.3. The number of amides is 1. The Hall–Kier alpha value is -1.36. The van der Waals surface area contributed by atoms with E-state index in [0.717, 1.165) is 24.1 Å². The minimum atomic E-state index is -1.01. The van der Waals surface area contributed by atoms with Crippen molar-refractivity contribution in [3.05, 3.63) is 22.4 Å². The van der Waals surface area contributed by atoms with Crippen LogP contribution in [0, 0.1) is 5.41 Å². The zero-order chi connectivity index (χ0) is 13.2. The van der Waals surface area contributed by atoms with E-state index in [9.17, 15) is 14.7 Å². The molecule has 0 bridgehead atoms. The fourth-order valence-corrected chi connectivity index (χ4v) is 3.90. The summed E-state index contributed by atoms with van der Waals surface area (Å²) in [6.45, 7) is 0. The van der Waals surface area contributed by atoms with Gasteiger partial charge in [-0.05, 0) is 24.3 Å². The van der Waals surface area contributed by atoms with Crippen molar-refractivity contribution < 1.29 is 14.7 Å². The second-order valence-corrected chi connectivity index (χ2v) is 5.85. The van der Waals surface area contributed by atoms with E-state index in [1.165, 1.54) is 11.3 Å². The molecule has 1 fully saturated rings. The summed E-state index contributed by atoms with van der Waals surface area (Å²) in [6, 6.07) is 3.63. The van der Waals surface area contributed by atoms with E-state index in [0.29, 0.717) is 12.8 Å². The summed E-state index contributed by atoms with van der Waals surface area (Å²) in [6.07, 6.45) is 3.80. The molecule has 18 heavy (non-hydrogen) atoms. The fourth-order valence-electron chi connectivity index (χ4n) is 2.95. The minimum Gasteiger partial charge on any atom is -0.481 e. The lowest BCUT2D eigenvalue weighted by atomic mass is 9.65. The third-order valence-electron chi connectivity index (χ3n) is 3.84. The monoisotopic (exact) mass is 267 g/mol. The molecule has 1 saturated carbocycles. The quantitative estimate of drug-likeness (QED) is 0.878. The van der Waals surface area contributed by atoms with Gasteiger partial charge in [0, 0.05) is 4.88 Å². The van der Waals surface area contributed by atoms with Crippen molar-refractivity contribution >= 4 is 23.2 Å². The Kier molecular flexibility index (Phi) is 3.71. The normalized spacial score (nSPS) is 20.2. The van der Waals surface area contributed by atoms with Crippen LogP contribution in [0.15, 0.2) is 17.5 Å². The van der Waals surface area contributed by atoms with Gasteiger partial charge >= 0.3 is 5.97 Å². The Morgan fingerprint density at radius 1 is 1.33 bits per heavy atom. The van der Waals surface area contributed by atoms with Crippen LogP contribution in [0.5, 0.6) is 0 Å². The molecule has 0 spiro atoms. The summed E-state index contributed by atoms with van der Waals surface area (Å²) in [5.74, 6) is -2.11. The molecule has 1 aromatic rings. The molecule has 0 radical (unpaired) electrons. The first-order valence-corrected chi connectivity index (χ1v) is 7.02. The number of aliphatic carboxylic acids is 1. The molecule has 1 aliphatic rings. The number of nitrogens with two attached hydrogens (primary N) is 1. The lowest BCUT2D eigenvalue weighted by molar-refractivity contribution is -0.155. The van der Waals surface area contributed by atoms with Crippen molar-refractivity contribution in [2.75, 3.05) is 0 Å². The second kappa shape index (κ2) is 5.10. The van der Waals surface area contributed by atoms with Crippen molar-refractivity contribution in [1.29, 1.82) is 0 Å². The van der Waals surface area contributed by atoms with Crippen LogP contribution in [0.4, 0.5) is 0 Å². The molecule has 2 rings (SSSR count). The molecule has 0 aromatic carbocycles. The highest BCUT2D eigenvalue weighted by Gasteiger charge is 2.50. The van der Waals surface area contributed by atoms with Gasteiger partial charge in [-0.3, -0.25) is 9.59 Å². The SMILES string of the molecule is NC(=O)C(c1cccs1)C1(C(=O)O)CCCCC1.